The van der Waals surface area contributed by atoms with Gasteiger partial charge in [-0.1, -0.05) is 24.3 Å². The molecule has 80 valence electrons. The van der Waals surface area contributed by atoms with Crippen LogP contribution in [0.1, 0.15) is 25.7 Å². The average molecular weight is 220 g/mol. The molecule has 1 fully saturated rings. The summed E-state index contributed by atoms with van der Waals surface area (Å²) in [6.45, 7) is 3.83. The van der Waals surface area contributed by atoms with Crippen LogP contribution in [0.3, 0.4) is 0 Å². The lowest BCUT2D eigenvalue weighted by molar-refractivity contribution is 0.569. The van der Waals surface area contributed by atoms with Crippen LogP contribution < -0.4 is 0 Å². The van der Waals surface area contributed by atoms with E-state index in [1.54, 1.807) is 0 Å². The first-order valence-corrected chi connectivity index (χ1v) is 6.32. The number of aromatic nitrogens is 2. The molecular formula is C12H16N2S. The maximum absolute atomic E-state index is 4.26. The molecule has 15 heavy (non-hydrogen) atoms. The van der Waals surface area contributed by atoms with Gasteiger partial charge in [0.2, 0.25) is 0 Å². The summed E-state index contributed by atoms with van der Waals surface area (Å²) in [7, 11) is 0. The highest BCUT2D eigenvalue weighted by molar-refractivity contribution is 7.99. The van der Waals surface area contributed by atoms with Gasteiger partial charge in [-0.2, -0.15) is 0 Å². The summed E-state index contributed by atoms with van der Waals surface area (Å²) >= 11 is 1.83. The minimum absolute atomic E-state index is 0.686. The molecule has 0 aromatic carbocycles. The van der Waals surface area contributed by atoms with Crippen LogP contribution in [0.2, 0.25) is 0 Å². The van der Waals surface area contributed by atoms with E-state index in [0.29, 0.717) is 5.25 Å². The largest absolute Gasteiger partial charge is 0.231 e. The first-order chi connectivity index (χ1) is 7.40. The fourth-order valence-corrected chi connectivity index (χ4v) is 3.36. The first kappa shape index (κ1) is 10.7. The number of nitrogens with zero attached hydrogens (tertiary/aromatic N) is 2. The molecule has 1 aliphatic carbocycles. The maximum Gasteiger partial charge on any atom is 0.187 e. The minimum Gasteiger partial charge on any atom is -0.231 e. The molecule has 2 atom stereocenters. The van der Waals surface area contributed by atoms with Crippen molar-refractivity contribution in [3.05, 3.63) is 31.1 Å². The van der Waals surface area contributed by atoms with Crippen molar-refractivity contribution in [2.24, 2.45) is 5.92 Å². The fraction of sp³-hybridized carbons (Fsp3) is 0.500. The highest BCUT2D eigenvalue weighted by Gasteiger charge is 2.27. The molecule has 2 rings (SSSR count). The summed E-state index contributed by atoms with van der Waals surface area (Å²) in [6, 6.07) is 1.86. The Morgan fingerprint density at radius 1 is 1.40 bits per heavy atom. The normalized spacial score (nSPS) is 25.3. The average Bonchev–Trinajstić information content (AvgIpc) is 2.68. The van der Waals surface area contributed by atoms with Crippen LogP contribution in [0.25, 0.3) is 0 Å². The van der Waals surface area contributed by atoms with Crippen molar-refractivity contribution < 1.29 is 0 Å². The Kier molecular flexibility index (Phi) is 3.78. The highest BCUT2D eigenvalue weighted by Crippen LogP contribution is 2.39. The van der Waals surface area contributed by atoms with Crippen LogP contribution in [0.5, 0.6) is 0 Å². The quantitative estimate of drug-likeness (QED) is 0.575. The molecule has 1 aromatic rings. The van der Waals surface area contributed by atoms with E-state index >= 15 is 0 Å². The molecule has 1 aliphatic rings. The molecule has 0 N–H and O–H groups in total. The van der Waals surface area contributed by atoms with Gasteiger partial charge in [0, 0.05) is 17.6 Å². The molecule has 1 saturated carbocycles. The number of hydrogen-bond acceptors (Lipinski definition) is 3. The standard InChI is InChI=1S/C12H16N2S/c1-2-5-10-6-3-7-11(10)15-12-13-8-4-9-14-12/h2,4,8-11H,1,3,5-7H2/t10-,11-/m0/s1. The van der Waals surface area contributed by atoms with Crippen LogP contribution in [-0.2, 0) is 0 Å². The van der Waals surface area contributed by atoms with Crippen LogP contribution in [0.15, 0.2) is 36.3 Å². The van der Waals surface area contributed by atoms with E-state index in [9.17, 15) is 0 Å². The summed E-state index contributed by atoms with van der Waals surface area (Å²) in [5, 5.41) is 1.60. The van der Waals surface area contributed by atoms with Crippen molar-refractivity contribution in [3.63, 3.8) is 0 Å². The second-order valence-electron chi connectivity index (χ2n) is 3.90. The number of hydrogen-bond donors (Lipinski definition) is 0. The van der Waals surface area contributed by atoms with Gasteiger partial charge in [0.05, 0.1) is 0 Å². The van der Waals surface area contributed by atoms with Crippen molar-refractivity contribution in [3.8, 4) is 0 Å². The van der Waals surface area contributed by atoms with Crippen molar-refractivity contribution in [2.75, 3.05) is 0 Å². The Morgan fingerprint density at radius 3 is 2.93 bits per heavy atom. The lowest BCUT2D eigenvalue weighted by atomic mass is 10.0. The molecule has 0 amide bonds. The summed E-state index contributed by atoms with van der Waals surface area (Å²) < 4.78 is 0. The van der Waals surface area contributed by atoms with Crippen LogP contribution in [-0.4, -0.2) is 15.2 Å². The van der Waals surface area contributed by atoms with Gasteiger partial charge in [-0.15, -0.1) is 6.58 Å². The van der Waals surface area contributed by atoms with Crippen LogP contribution >= 0.6 is 11.8 Å². The fourth-order valence-electron chi connectivity index (χ4n) is 2.12. The van der Waals surface area contributed by atoms with Gasteiger partial charge in [0.25, 0.3) is 0 Å². The molecule has 3 heteroatoms. The zero-order valence-corrected chi connectivity index (χ0v) is 9.62. The zero-order valence-electron chi connectivity index (χ0n) is 8.80. The van der Waals surface area contributed by atoms with E-state index in [2.05, 4.69) is 16.5 Å². The molecule has 0 radical (unpaired) electrons. The zero-order chi connectivity index (χ0) is 10.5. The SMILES string of the molecule is C=CC[C@H]1CCC[C@@H]1Sc1ncccn1. The lowest BCUT2D eigenvalue weighted by Gasteiger charge is -2.16. The minimum atomic E-state index is 0.686. The van der Waals surface area contributed by atoms with Gasteiger partial charge in [0.15, 0.2) is 5.16 Å². The summed E-state index contributed by atoms with van der Waals surface area (Å²) in [5.41, 5.74) is 0. The Labute approximate surface area is 95.2 Å². The van der Waals surface area contributed by atoms with E-state index in [4.69, 9.17) is 0 Å². The third-order valence-corrected chi connectivity index (χ3v) is 4.20. The van der Waals surface area contributed by atoms with Gasteiger partial charge in [-0.3, -0.25) is 0 Å². The topological polar surface area (TPSA) is 25.8 Å². The van der Waals surface area contributed by atoms with Crippen LogP contribution in [0, 0.1) is 5.92 Å². The van der Waals surface area contributed by atoms with Crippen molar-refractivity contribution in [1.29, 1.82) is 0 Å². The number of rotatable bonds is 4. The second kappa shape index (κ2) is 5.31. The first-order valence-electron chi connectivity index (χ1n) is 5.44. The predicted octanol–water partition coefficient (Wildman–Crippen LogP) is 3.31. The van der Waals surface area contributed by atoms with Crippen molar-refractivity contribution in [2.45, 2.75) is 36.1 Å². The van der Waals surface area contributed by atoms with Gasteiger partial charge in [-0.25, -0.2) is 9.97 Å². The molecule has 0 spiro atoms. The molecule has 0 bridgehead atoms. The Balaban J connectivity index is 1.96. The summed E-state index contributed by atoms with van der Waals surface area (Å²) in [5.74, 6) is 0.774. The molecule has 1 heterocycles. The van der Waals surface area contributed by atoms with Crippen molar-refractivity contribution >= 4 is 11.8 Å². The second-order valence-corrected chi connectivity index (χ2v) is 5.11. The van der Waals surface area contributed by atoms with Gasteiger partial charge in [-0.05, 0) is 31.2 Å². The predicted molar refractivity (Wildman–Crippen MR) is 63.8 cm³/mol. The highest BCUT2D eigenvalue weighted by atomic mass is 32.2. The monoisotopic (exact) mass is 220 g/mol. The van der Waals surface area contributed by atoms with Gasteiger partial charge in [0.1, 0.15) is 0 Å². The lowest BCUT2D eigenvalue weighted by Crippen LogP contribution is -2.09. The maximum atomic E-state index is 4.26. The van der Waals surface area contributed by atoms with E-state index in [1.807, 2.05) is 36.3 Å². The van der Waals surface area contributed by atoms with Crippen LogP contribution in [0.4, 0.5) is 0 Å². The summed E-state index contributed by atoms with van der Waals surface area (Å²) in [4.78, 5) is 8.53. The van der Waals surface area contributed by atoms with E-state index in [1.165, 1.54) is 19.3 Å². The Hall–Kier alpha value is -0.830. The molecular weight excluding hydrogens is 204 g/mol. The Morgan fingerprint density at radius 2 is 2.20 bits per heavy atom. The Bertz CT molecular complexity index is 313. The third-order valence-electron chi connectivity index (χ3n) is 2.86. The molecule has 1 aromatic heterocycles. The smallest absolute Gasteiger partial charge is 0.187 e. The van der Waals surface area contributed by atoms with Gasteiger partial charge < -0.3 is 0 Å². The molecule has 0 aliphatic heterocycles. The molecule has 2 nitrogen and oxygen atoms in total. The van der Waals surface area contributed by atoms with E-state index in [0.717, 1.165) is 17.5 Å². The van der Waals surface area contributed by atoms with E-state index < -0.39 is 0 Å². The molecule has 0 unspecified atom stereocenters. The molecule has 0 saturated heterocycles. The number of thioether (sulfide) groups is 1. The summed E-state index contributed by atoms with van der Waals surface area (Å²) in [6.07, 6.45) is 10.8. The number of allylic oxidation sites excluding steroid dienone is 1. The van der Waals surface area contributed by atoms with Gasteiger partial charge >= 0.3 is 0 Å². The third kappa shape index (κ3) is 2.81. The van der Waals surface area contributed by atoms with Crippen molar-refractivity contribution in [1.82, 2.24) is 9.97 Å². The van der Waals surface area contributed by atoms with E-state index in [-0.39, 0.29) is 0 Å².